The Morgan fingerprint density at radius 2 is 2.22 bits per heavy atom. The quantitative estimate of drug-likeness (QED) is 0.894. The molecule has 0 saturated carbocycles. The highest BCUT2D eigenvalue weighted by atomic mass is 32.1. The molecule has 1 unspecified atom stereocenters. The van der Waals surface area contributed by atoms with Crippen LogP contribution in [0.3, 0.4) is 0 Å². The summed E-state index contributed by atoms with van der Waals surface area (Å²) in [5, 5.41) is 12.1. The van der Waals surface area contributed by atoms with E-state index >= 15 is 0 Å². The average Bonchev–Trinajstić information content (AvgIpc) is 2.76. The lowest BCUT2D eigenvalue weighted by atomic mass is 10.2. The molecule has 4 nitrogen and oxygen atoms in total. The van der Waals surface area contributed by atoms with Gasteiger partial charge in [0.1, 0.15) is 5.75 Å². The van der Waals surface area contributed by atoms with Gasteiger partial charge >= 0.3 is 0 Å². The number of carbonyl (C=O) groups is 1. The number of hydrogen-bond acceptors (Lipinski definition) is 4. The summed E-state index contributed by atoms with van der Waals surface area (Å²) in [4.78, 5) is 18.0. The van der Waals surface area contributed by atoms with Crippen molar-refractivity contribution in [3.05, 3.63) is 45.9 Å². The summed E-state index contributed by atoms with van der Waals surface area (Å²) in [7, 11) is 0. The first-order valence-electron chi connectivity index (χ1n) is 5.57. The zero-order valence-electron chi connectivity index (χ0n) is 10.2. The summed E-state index contributed by atoms with van der Waals surface area (Å²) in [5.74, 6) is -0.251. The lowest BCUT2D eigenvalue weighted by Crippen LogP contribution is -2.26. The second-order valence-electron chi connectivity index (χ2n) is 4.08. The predicted octanol–water partition coefficient (Wildman–Crippen LogP) is 2.65. The fourth-order valence-electron chi connectivity index (χ4n) is 1.59. The minimum Gasteiger partial charge on any atom is -0.506 e. The molecule has 2 aromatic heterocycles. The highest BCUT2D eigenvalue weighted by Crippen LogP contribution is 2.22. The van der Waals surface area contributed by atoms with Crippen molar-refractivity contribution in [1.29, 1.82) is 0 Å². The molecule has 0 saturated heterocycles. The van der Waals surface area contributed by atoms with Gasteiger partial charge in [-0.25, -0.2) is 0 Å². The van der Waals surface area contributed by atoms with E-state index in [0.29, 0.717) is 5.56 Å². The van der Waals surface area contributed by atoms with Gasteiger partial charge in [0.2, 0.25) is 0 Å². The summed E-state index contributed by atoms with van der Waals surface area (Å²) in [6.45, 7) is 3.96. The first kappa shape index (κ1) is 12.6. The summed E-state index contributed by atoms with van der Waals surface area (Å²) in [6.07, 6.45) is 2.73. The fraction of sp³-hybridized carbons (Fsp3) is 0.231. The van der Waals surface area contributed by atoms with Gasteiger partial charge in [-0.05, 0) is 32.0 Å². The maximum absolute atomic E-state index is 11.9. The van der Waals surface area contributed by atoms with Crippen molar-refractivity contribution in [3.63, 3.8) is 0 Å². The van der Waals surface area contributed by atoms with Crippen molar-refractivity contribution in [2.24, 2.45) is 0 Å². The van der Waals surface area contributed by atoms with Crippen molar-refractivity contribution in [2.45, 2.75) is 19.9 Å². The molecule has 0 spiro atoms. The van der Waals surface area contributed by atoms with E-state index in [1.807, 2.05) is 26.0 Å². The summed E-state index contributed by atoms with van der Waals surface area (Å²) in [5.41, 5.74) is 0.357. The molecule has 1 atom stereocenters. The molecule has 0 bridgehead atoms. The number of thiophene rings is 1. The maximum atomic E-state index is 11.9. The molecule has 2 rings (SSSR count). The third-order valence-electron chi connectivity index (χ3n) is 2.52. The van der Waals surface area contributed by atoms with Crippen LogP contribution in [-0.2, 0) is 0 Å². The van der Waals surface area contributed by atoms with Crippen LogP contribution < -0.4 is 5.32 Å². The lowest BCUT2D eigenvalue weighted by Gasteiger charge is -2.12. The highest BCUT2D eigenvalue weighted by Gasteiger charge is 2.13. The number of aromatic nitrogens is 1. The van der Waals surface area contributed by atoms with E-state index in [4.69, 9.17) is 0 Å². The molecule has 0 aliphatic carbocycles. The number of carbonyl (C=O) groups excluding carboxylic acids is 1. The van der Waals surface area contributed by atoms with Crippen molar-refractivity contribution in [3.8, 4) is 5.75 Å². The molecule has 2 heterocycles. The van der Waals surface area contributed by atoms with Crippen molar-refractivity contribution in [2.75, 3.05) is 0 Å². The van der Waals surface area contributed by atoms with Gasteiger partial charge in [0.05, 0.1) is 17.8 Å². The molecule has 94 valence electrons. The van der Waals surface area contributed by atoms with Crippen LogP contribution in [0.2, 0.25) is 0 Å². The van der Waals surface area contributed by atoms with Gasteiger partial charge in [-0.3, -0.25) is 9.78 Å². The van der Waals surface area contributed by atoms with Crippen molar-refractivity contribution in [1.82, 2.24) is 10.3 Å². The van der Waals surface area contributed by atoms with Crippen LogP contribution in [0.5, 0.6) is 5.75 Å². The van der Waals surface area contributed by atoms with Crippen molar-refractivity contribution < 1.29 is 9.90 Å². The molecule has 0 aromatic carbocycles. The van der Waals surface area contributed by atoms with E-state index in [-0.39, 0.29) is 17.7 Å². The van der Waals surface area contributed by atoms with Gasteiger partial charge in [-0.2, -0.15) is 0 Å². The topological polar surface area (TPSA) is 62.2 Å². The molecule has 18 heavy (non-hydrogen) atoms. The molecule has 1 amide bonds. The SMILES string of the molecule is Cc1ccc(C(C)NC(=O)c2cncc(O)c2)s1. The standard InChI is InChI=1S/C13H14N2O2S/c1-8-3-4-12(18-8)9(2)15-13(17)10-5-11(16)7-14-6-10/h3-7,9,16H,1-2H3,(H,15,17). The van der Waals surface area contributed by atoms with Crippen LogP contribution in [0, 0.1) is 6.92 Å². The minimum absolute atomic E-state index is 0.0118. The Labute approximate surface area is 109 Å². The number of rotatable bonds is 3. The molecule has 2 N–H and O–H groups in total. The third kappa shape index (κ3) is 2.87. The number of nitrogens with zero attached hydrogens (tertiary/aromatic N) is 1. The Morgan fingerprint density at radius 3 is 2.83 bits per heavy atom. The number of pyridine rings is 1. The first-order chi connectivity index (χ1) is 8.56. The number of aryl methyl sites for hydroxylation is 1. The Bertz CT molecular complexity index is 566. The minimum atomic E-state index is -0.239. The Hall–Kier alpha value is -1.88. The van der Waals surface area contributed by atoms with Gasteiger partial charge < -0.3 is 10.4 Å². The molecule has 0 fully saturated rings. The third-order valence-corrected chi connectivity index (χ3v) is 3.70. The zero-order chi connectivity index (χ0) is 13.1. The normalized spacial score (nSPS) is 12.1. The Balaban J connectivity index is 2.08. The molecular formula is C13H14N2O2S. The maximum Gasteiger partial charge on any atom is 0.253 e. The second-order valence-corrected chi connectivity index (χ2v) is 5.39. The summed E-state index contributed by atoms with van der Waals surface area (Å²) < 4.78 is 0. The van der Waals surface area contributed by atoms with E-state index in [9.17, 15) is 9.90 Å². The monoisotopic (exact) mass is 262 g/mol. The summed E-state index contributed by atoms with van der Waals surface area (Å²) >= 11 is 1.66. The molecule has 0 radical (unpaired) electrons. The zero-order valence-corrected chi connectivity index (χ0v) is 11.0. The van der Waals surface area contributed by atoms with Gasteiger partial charge in [0, 0.05) is 16.0 Å². The van der Waals surface area contributed by atoms with Gasteiger partial charge in [-0.15, -0.1) is 11.3 Å². The van der Waals surface area contributed by atoms with E-state index in [1.54, 1.807) is 11.3 Å². The number of aromatic hydroxyl groups is 1. The highest BCUT2D eigenvalue weighted by molar-refractivity contribution is 7.12. The molecule has 0 aliphatic rings. The van der Waals surface area contributed by atoms with Crippen LogP contribution in [-0.4, -0.2) is 16.0 Å². The predicted molar refractivity (Wildman–Crippen MR) is 70.8 cm³/mol. The van der Waals surface area contributed by atoms with E-state index in [0.717, 1.165) is 4.88 Å². The van der Waals surface area contributed by atoms with E-state index in [1.165, 1.54) is 23.3 Å². The van der Waals surface area contributed by atoms with Crippen molar-refractivity contribution >= 4 is 17.2 Å². The Kier molecular flexibility index (Phi) is 3.62. The van der Waals surface area contributed by atoms with Gasteiger partial charge in [-0.1, -0.05) is 0 Å². The molecular weight excluding hydrogens is 248 g/mol. The first-order valence-corrected chi connectivity index (χ1v) is 6.39. The number of amides is 1. The number of nitrogens with one attached hydrogen (secondary N) is 1. The van der Waals surface area contributed by atoms with Crippen LogP contribution in [0.1, 0.15) is 33.1 Å². The van der Waals surface area contributed by atoms with Crippen LogP contribution in [0.25, 0.3) is 0 Å². The van der Waals surface area contributed by atoms with Crippen LogP contribution in [0.15, 0.2) is 30.6 Å². The van der Waals surface area contributed by atoms with Crippen LogP contribution in [0.4, 0.5) is 0 Å². The van der Waals surface area contributed by atoms with Crippen LogP contribution >= 0.6 is 11.3 Å². The summed E-state index contributed by atoms with van der Waals surface area (Å²) in [6, 6.07) is 5.37. The average molecular weight is 262 g/mol. The second kappa shape index (κ2) is 5.18. The van der Waals surface area contributed by atoms with E-state index < -0.39 is 0 Å². The van der Waals surface area contributed by atoms with Gasteiger partial charge in [0.25, 0.3) is 5.91 Å². The molecule has 5 heteroatoms. The number of hydrogen-bond donors (Lipinski definition) is 2. The van der Waals surface area contributed by atoms with E-state index in [2.05, 4.69) is 10.3 Å². The smallest absolute Gasteiger partial charge is 0.253 e. The van der Waals surface area contributed by atoms with Gasteiger partial charge in [0.15, 0.2) is 0 Å². The molecule has 2 aromatic rings. The fourth-order valence-corrected chi connectivity index (χ4v) is 2.47. The molecule has 0 aliphatic heterocycles. The lowest BCUT2D eigenvalue weighted by molar-refractivity contribution is 0.0939. The largest absolute Gasteiger partial charge is 0.506 e. The Morgan fingerprint density at radius 1 is 1.44 bits per heavy atom.